The van der Waals surface area contributed by atoms with Crippen LogP contribution in [0.15, 0.2) is 30.3 Å². The minimum atomic E-state index is -0.258. The van der Waals surface area contributed by atoms with Crippen LogP contribution in [0.25, 0.3) is 0 Å². The molecule has 1 saturated heterocycles. The van der Waals surface area contributed by atoms with Crippen molar-refractivity contribution in [1.29, 1.82) is 0 Å². The van der Waals surface area contributed by atoms with Gasteiger partial charge in [0.05, 0.1) is 5.38 Å². The van der Waals surface area contributed by atoms with Crippen LogP contribution in [0.3, 0.4) is 0 Å². The standard InChI is InChI=1S/C14H18ClNO2/c15-13-8-4-5-9-16(10-13)14(17)18-11-12-6-2-1-3-7-12/h1-3,6-7,13H,4-5,8-11H2. The summed E-state index contributed by atoms with van der Waals surface area (Å²) < 4.78 is 5.30. The molecule has 1 aromatic carbocycles. The Morgan fingerprint density at radius 1 is 1.33 bits per heavy atom. The van der Waals surface area contributed by atoms with Crippen molar-refractivity contribution in [3.63, 3.8) is 0 Å². The Labute approximate surface area is 113 Å². The van der Waals surface area contributed by atoms with Gasteiger partial charge in [0.15, 0.2) is 0 Å². The predicted octanol–water partition coefficient (Wildman–Crippen LogP) is 3.42. The number of halogens is 1. The third-order valence-electron chi connectivity index (χ3n) is 3.08. The van der Waals surface area contributed by atoms with E-state index in [0.29, 0.717) is 13.2 Å². The molecule has 1 fully saturated rings. The zero-order chi connectivity index (χ0) is 12.8. The van der Waals surface area contributed by atoms with Gasteiger partial charge in [0.2, 0.25) is 0 Å². The normalized spacial score (nSPS) is 20.3. The summed E-state index contributed by atoms with van der Waals surface area (Å²) in [7, 11) is 0. The highest BCUT2D eigenvalue weighted by molar-refractivity contribution is 6.20. The molecule has 0 saturated carbocycles. The largest absolute Gasteiger partial charge is 0.445 e. The number of nitrogens with zero attached hydrogens (tertiary/aromatic N) is 1. The van der Waals surface area contributed by atoms with Crippen molar-refractivity contribution in [1.82, 2.24) is 4.90 Å². The Kier molecular flexibility index (Phi) is 4.88. The molecule has 2 rings (SSSR count). The number of benzene rings is 1. The second kappa shape index (κ2) is 6.64. The molecule has 0 spiro atoms. The number of rotatable bonds is 2. The van der Waals surface area contributed by atoms with Crippen LogP contribution in [0, 0.1) is 0 Å². The third-order valence-corrected chi connectivity index (χ3v) is 3.43. The molecule has 0 aliphatic carbocycles. The summed E-state index contributed by atoms with van der Waals surface area (Å²) in [5, 5.41) is 0.0526. The molecular weight excluding hydrogens is 250 g/mol. The zero-order valence-electron chi connectivity index (χ0n) is 10.3. The Bertz CT molecular complexity index is 383. The number of likely N-dealkylation sites (tertiary alicyclic amines) is 1. The van der Waals surface area contributed by atoms with E-state index in [0.717, 1.165) is 31.4 Å². The van der Waals surface area contributed by atoms with Gasteiger partial charge >= 0.3 is 6.09 Å². The van der Waals surface area contributed by atoms with E-state index in [1.54, 1.807) is 4.90 Å². The van der Waals surface area contributed by atoms with Crippen LogP contribution < -0.4 is 0 Å². The first-order valence-corrected chi connectivity index (χ1v) is 6.79. The summed E-state index contributed by atoms with van der Waals surface area (Å²) in [5.41, 5.74) is 1.00. The zero-order valence-corrected chi connectivity index (χ0v) is 11.1. The second-order valence-electron chi connectivity index (χ2n) is 4.58. The number of alkyl halides is 1. The van der Waals surface area contributed by atoms with Crippen molar-refractivity contribution in [2.45, 2.75) is 31.2 Å². The summed E-state index contributed by atoms with van der Waals surface area (Å²) in [5.74, 6) is 0. The van der Waals surface area contributed by atoms with Gasteiger partial charge in [0.1, 0.15) is 6.61 Å². The molecule has 98 valence electrons. The highest BCUT2D eigenvalue weighted by Crippen LogP contribution is 2.16. The number of amides is 1. The summed E-state index contributed by atoms with van der Waals surface area (Å²) in [4.78, 5) is 13.6. The van der Waals surface area contributed by atoms with Gasteiger partial charge in [-0.05, 0) is 18.4 Å². The quantitative estimate of drug-likeness (QED) is 0.769. The van der Waals surface area contributed by atoms with Gasteiger partial charge in [-0.2, -0.15) is 0 Å². The van der Waals surface area contributed by atoms with E-state index in [-0.39, 0.29) is 11.5 Å². The van der Waals surface area contributed by atoms with Crippen molar-refractivity contribution in [2.75, 3.05) is 13.1 Å². The van der Waals surface area contributed by atoms with Crippen LogP contribution in [-0.2, 0) is 11.3 Å². The van der Waals surface area contributed by atoms with E-state index in [9.17, 15) is 4.79 Å². The molecule has 1 amide bonds. The van der Waals surface area contributed by atoms with E-state index in [1.807, 2.05) is 30.3 Å². The minimum Gasteiger partial charge on any atom is -0.445 e. The van der Waals surface area contributed by atoms with Crippen molar-refractivity contribution in [3.05, 3.63) is 35.9 Å². The lowest BCUT2D eigenvalue weighted by atomic mass is 10.2. The molecule has 1 aliphatic heterocycles. The Hall–Kier alpha value is -1.22. The number of carbonyl (C=O) groups excluding carboxylic acids is 1. The summed E-state index contributed by atoms with van der Waals surface area (Å²) >= 11 is 6.13. The van der Waals surface area contributed by atoms with E-state index in [1.165, 1.54) is 0 Å². The fourth-order valence-electron chi connectivity index (χ4n) is 2.07. The maximum absolute atomic E-state index is 11.9. The molecule has 3 nitrogen and oxygen atoms in total. The highest BCUT2D eigenvalue weighted by Gasteiger charge is 2.21. The summed E-state index contributed by atoms with van der Waals surface area (Å²) in [6.07, 6.45) is 2.80. The van der Waals surface area contributed by atoms with Crippen LogP contribution in [-0.4, -0.2) is 29.5 Å². The SMILES string of the molecule is O=C(OCc1ccccc1)N1CCCCC(Cl)C1. The lowest BCUT2D eigenvalue weighted by Gasteiger charge is -2.21. The first-order valence-electron chi connectivity index (χ1n) is 6.35. The summed E-state index contributed by atoms with van der Waals surface area (Å²) in [6.45, 7) is 1.66. The van der Waals surface area contributed by atoms with Crippen LogP contribution in [0.5, 0.6) is 0 Å². The van der Waals surface area contributed by atoms with Crippen molar-refractivity contribution >= 4 is 17.7 Å². The molecular formula is C14H18ClNO2. The highest BCUT2D eigenvalue weighted by atomic mass is 35.5. The van der Waals surface area contributed by atoms with Gasteiger partial charge in [-0.1, -0.05) is 36.8 Å². The van der Waals surface area contributed by atoms with E-state index < -0.39 is 0 Å². The van der Waals surface area contributed by atoms with Gasteiger partial charge in [0.25, 0.3) is 0 Å². The maximum Gasteiger partial charge on any atom is 0.410 e. The number of carbonyl (C=O) groups is 1. The minimum absolute atomic E-state index is 0.0526. The van der Waals surface area contributed by atoms with E-state index >= 15 is 0 Å². The smallest absolute Gasteiger partial charge is 0.410 e. The second-order valence-corrected chi connectivity index (χ2v) is 5.20. The molecule has 18 heavy (non-hydrogen) atoms. The average Bonchev–Trinajstić information content (AvgIpc) is 2.62. The lowest BCUT2D eigenvalue weighted by molar-refractivity contribution is 0.0977. The maximum atomic E-state index is 11.9. The van der Waals surface area contributed by atoms with Crippen molar-refractivity contribution in [2.24, 2.45) is 0 Å². The van der Waals surface area contributed by atoms with Crippen LogP contribution in [0.2, 0.25) is 0 Å². The first kappa shape index (κ1) is 13.2. The van der Waals surface area contributed by atoms with E-state index in [2.05, 4.69) is 0 Å². The molecule has 0 bridgehead atoms. The summed E-state index contributed by atoms with van der Waals surface area (Å²) in [6, 6.07) is 9.70. The Morgan fingerprint density at radius 2 is 2.11 bits per heavy atom. The molecule has 0 N–H and O–H groups in total. The molecule has 1 aromatic rings. The molecule has 1 atom stereocenters. The van der Waals surface area contributed by atoms with Crippen molar-refractivity contribution < 1.29 is 9.53 Å². The van der Waals surface area contributed by atoms with Crippen molar-refractivity contribution in [3.8, 4) is 0 Å². The van der Waals surface area contributed by atoms with Gasteiger partial charge in [-0.25, -0.2) is 4.79 Å². The monoisotopic (exact) mass is 267 g/mol. The Balaban J connectivity index is 1.83. The molecule has 0 aromatic heterocycles. The lowest BCUT2D eigenvalue weighted by Crippen LogP contribution is -2.35. The van der Waals surface area contributed by atoms with Gasteiger partial charge < -0.3 is 9.64 Å². The van der Waals surface area contributed by atoms with Crippen LogP contribution in [0.4, 0.5) is 4.79 Å². The molecule has 4 heteroatoms. The Morgan fingerprint density at radius 3 is 2.89 bits per heavy atom. The fourth-order valence-corrected chi connectivity index (χ4v) is 2.39. The average molecular weight is 268 g/mol. The number of hydrogen-bond acceptors (Lipinski definition) is 2. The third kappa shape index (κ3) is 3.91. The van der Waals surface area contributed by atoms with Crippen LogP contribution in [0.1, 0.15) is 24.8 Å². The first-order chi connectivity index (χ1) is 8.75. The molecule has 1 unspecified atom stereocenters. The fraction of sp³-hybridized carbons (Fsp3) is 0.500. The molecule has 1 aliphatic rings. The van der Waals surface area contributed by atoms with E-state index in [4.69, 9.17) is 16.3 Å². The van der Waals surface area contributed by atoms with Gasteiger partial charge in [-0.3, -0.25) is 0 Å². The topological polar surface area (TPSA) is 29.5 Å². The van der Waals surface area contributed by atoms with Crippen LogP contribution >= 0.6 is 11.6 Å². The molecule has 0 radical (unpaired) electrons. The van der Waals surface area contributed by atoms with Gasteiger partial charge in [-0.15, -0.1) is 11.6 Å². The predicted molar refractivity (Wildman–Crippen MR) is 71.7 cm³/mol. The number of hydrogen-bond donors (Lipinski definition) is 0. The van der Waals surface area contributed by atoms with Gasteiger partial charge in [0, 0.05) is 13.1 Å². The molecule has 1 heterocycles. The number of ether oxygens (including phenoxy) is 1.